The van der Waals surface area contributed by atoms with E-state index < -0.39 is 17.5 Å². The Morgan fingerprint density at radius 2 is 1.88 bits per heavy atom. The van der Waals surface area contributed by atoms with Crippen molar-refractivity contribution in [2.45, 2.75) is 6.18 Å². The molecule has 0 bridgehead atoms. The molecule has 1 aromatic heterocycles. The van der Waals surface area contributed by atoms with Crippen molar-refractivity contribution in [3.05, 3.63) is 70.0 Å². The van der Waals surface area contributed by atoms with Gasteiger partial charge in [-0.05, 0) is 30.3 Å². The smallest absolute Gasteiger partial charge is 0.416 e. The molecular weight excluding hydrogens is 399 g/mol. The molecule has 0 N–H and O–H groups in total. The normalized spacial score (nSPS) is 11.6. The van der Waals surface area contributed by atoms with E-state index in [2.05, 4.69) is 20.9 Å². The Bertz CT molecular complexity index is 970. The molecule has 0 unspecified atom stereocenters. The fraction of sp³-hybridized carbons (Fsp3) is 0.111. The zero-order chi connectivity index (χ0) is 18.2. The molecule has 3 nitrogen and oxygen atoms in total. The van der Waals surface area contributed by atoms with Gasteiger partial charge in [0.05, 0.1) is 12.7 Å². The summed E-state index contributed by atoms with van der Waals surface area (Å²) in [5.41, 5.74) is -0.925. The molecule has 3 rings (SSSR count). The van der Waals surface area contributed by atoms with Gasteiger partial charge in [-0.15, -0.1) is 0 Å². The number of rotatable bonds is 3. The highest BCUT2D eigenvalue weighted by molar-refractivity contribution is 9.10. The number of hydrogen-bond donors (Lipinski definition) is 0. The first kappa shape index (κ1) is 17.4. The number of methoxy groups -OCH3 is 1. The number of pyridine rings is 1. The monoisotopic (exact) mass is 409 g/mol. The lowest BCUT2D eigenvalue weighted by molar-refractivity contribution is -0.137. The maximum atomic E-state index is 13.0. The molecule has 1 heterocycles. The van der Waals surface area contributed by atoms with Gasteiger partial charge in [0.2, 0.25) is 5.78 Å². The van der Waals surface area contributed by atoms with Crippen molar-refractivity contribution >= 4 is 32.5 Å². The zero-order valence-corrected chi connectivity index (χ0v) is 14.5. The van der Waals surface area contributed by atoms with Crippen LogP contribution in [0.15, 0.2) is 53.1 Å². The van der Waals surface area contributed by atoms with Gasteiger partial charge in [0.25, 0.3) is 0 Å². The Morgan fingerprint density at radius 3 is 2.56 bits per heavy atom. The molecule has 0 spiro atoms. The Morgan fingerprint density at radius 1 is 1.12 bits per heavy atom. The maximum Gasteiger partial charge on any atom is 0.416 e. The summed E-state index contributed by atoms with van der Waals surface area (Å²) in [6.45, 7) is 0. The molecular formula is C18H11BrF3NO2. The lowest BCUT2D eigenvalue weighted by atomic mass is 10.0. The van der Waals surface area contributed by atoms with Crippen LogP contribution >= 0.6 is 15.9 Å². The topological polar surface area (TPSA) is 39.2 Å². The van der Waals surface area contributed by atoms with Gasteiger partial charge in [0, 0.05) is 27.0 Å². The molecule has 25 heavy (non-hydrogen) atoms. The van der Waals surface area contributed by atoms with Crippen LogP contribution in [0.5, 0.6) is 5.75 Å². The number of aromatic nitrogens is 1. The third-order valence-corrected chi connectivity index (χ3v) is 4.43. The molecule has 0 saturated heterocycles. The number of nitrogens with zero attached hydrogens (tertiary/aromatic N) is 1. The molecule has 0 atom stereocenters. The largest absolute Gasteiger partial charge is 0.496 e. The number of alkyl halides is 3. The molecule has 0 saturated carbocycles. The van der Waals surface area contributed by atoms with E-state index in [1.54, 1.807) is 24.3 Å². The lowest BCUT2D eigenvalue weighted by Crippen LogP contribution is -2.10. The van der Waals surface area contributed by atoms with Crippen LogP contribution in [0.2, 0.25) is 0 Å². The molecule has 0 aliphatic rings. The van der Waals surface area contributed by atoms with Gasteiger partial charge < -0.3 is 4.74 Å². The highest BCUT2D eigenvalue weighted by atomic mass is 79.9. The average molecular weight is 410 g/mol. The Labute approximate surface area is 149 Å². The summed E-state index contributed by atoms with van der Waals surface area (Å²) in [4.78, 5) is 16.9. The standard InChI is InChI=1S/C18H11BrF3NO2/c1-25-15-4-2-3-12-11(15)7-8-23-16(12)17(24)13-9-10(18(20,21)22)5-6-14(13)19/h2-9H,1H3. The molecule has 0 radical (unpaired) electrons. The average Bonchev–Trinajstić information content (AvgIpc) is 2.59. The number of hydrogen-bond acceptors (Lipinski definition) is 3. The first-order valence-corrected chi connectivity index (χ1v) is 7.95. The van der Waals surface area contributed by atoms with E-state index in [1.165, 1.54) is 19.4 Å². The third kappa shape index (κ3) is 3.24. The fourth-order valence-electron chi connectivity index (χ4n) is 2.54. The van der Waals surface area contributed by atoms with Crippen molar-refractivity contribution in [3.8, 4) is 5.75 Å². The van der Waals surface area contributed by atoms with Crippen LogP contribution in [0.3, 0.4) is 0 Å². The first-order chi connectivity index (χ1) is 11.8. The number of carbonyl (C=O) groups excluding carboxylic acids is 1. The van der Waals surface area contributed by atoms with Crippen LogP contribution in [-0.4, -0.2) is 17.9 Å². The van der Waals surface area contributed by atoms with E-state index in [-0.39, 0.29) is 15.7 Å². The van der Waals surface area contributed by atoms with Crippen molar-refractivity contribution < 1.29 is 22.7 Å². The third-order valence-electron chi connectivity index (χ3n) is 3.74. The number of fused-ring (bicyclic) bond motifs is 1. The number of halogens is 4. The fourth-order valence-corrected chi connectivity index (χ4v) is 2.97. The van der Waals surface area contributed by atoms with Crippen LogP contribution in [0.1, 0.15) is 21.6 Å². The summed E-state index contributed by atoms with van der Waals surface area (Å²) in [6, 6.07) is 9.75. The van der Waals surface area contributed by atoms with E-state index in [0.29, 0.717) is 16.5 Å². The summed E-state index contributed by atoms with van der Waals surface area (Å²) < 4.78 is 44.4. The minimum atomic E-state index is -4.54. The SMILES string of the molecule is COc1cccc2c(C(=O)c3cc(C(F)(F)F)ccc3Br)nccc12. The second-order valence-corrected chi connectivity index (χ2v) is 6.09. The van der Waals surface area contributed by atoms with Crippen molar-refractivity contribution in [1.82, 2.24) is 4.98 Å². The maximum absolute atomic E-state index is 13.0. The van der Waals surface area contributed by atoms with Crippen LogP contribution in [0.25, 0.3) is 10.8 Å². The second kappa shape index (κ2) is 6.48. The van der Waals surface area contributed by atoms with E-state index >= 15 is 0 Å². The van der Waals surface area contributed by atoms with Crippen molar-refractivity contribution in [2.75, 3.05) is 7.11 Å². The first-order valence-electron chi connectivity index (χ1n) is 7.16. The Balaban J connectivity index is 2.19. The van der Waals surface area contributed by atoms with Gasteiger partial charge in [0.15, 0.2) is 0 Å². The minimum absolute atomic E-state index is 0.0661. The predicted octanol–water partition coefficient (Wildman–Crippen LogP) is 5.26. The van der Waals surface area contributed by atoms with E-state index in [4.69, 9.17) is 4.74 Å². The molecule has 3 aromatic rings. The van der Waals surface area contributed by atoms with E-state index in [1.807, 2.05) is 0 Å². The van der Waals surface area contributed by atoms with E-state index in [9.17, 15) is 18.0 Å². The van der Waals surface area contributed by atoms with Crippen LogP contribution in [0, 0.1) is 0 Å². The molecule has 7 heteroatoms. The summed E-state index contributed by atoms with van der Waals surface area (Å²) in [6.07, 6.45) is -3.11. The molecule has 0 aliphatic carbocycles. The molecule has 0 aliphatic heterocycles. The van der Waals surface area contributed by atoms with Gasteiger partial charge in [-0.1, -0.05) is 28.1 Å². The second-order valence-electron chi connectivity index (χ2n) is 5.24. The Kier molecular flexibility index (Phi) is 4.51. The van der Waals surface area contributed by atoms with Crippen LogP contribution in [0.4, 0.5) is 13.2 Å². The van der Waals surface area contributed by atoms with Crippen molar-refractivity contribution in [3.63, 3.8) is 0 Å². The van der Waals surface area contributed by atoms with Gasteiger partial charge in [-0.25, -0.2) is 0 Å². The summed E-state index contributed by atoms with van der Waals surface area (Å²) >= 11 is 3.15. The van der Waals surface area contributed by atoms with Gasteiger partial charge in [0.1, 0.15) is 11.4 Å². The number of ketones is 1. The van der Waals surface area contributed by atoms with Crippen LogP contribution < -0.4 is 4.74 Å². The number of benzene rings is 2. The summed E-state index contributed by atoms with van der Waals surface area (Å²) in [5.74, 6) is -0.0473. The minimum Gasteiger partial charge on any atom is -0.496 e. The highest BCUT2D eigenvalue weighted by Crippen LogP contribution is 2.34. The van der Waals surface area contributed by atoms with E-state index in [0.717, 1.165) is 12.1 Å². The van der Waals surface area contributed by atoms with Crippen molar-refractivity contribution in [2.24, 2.45) is 0 Å². The predicted molar refractivity (Wildman–Crippen MR) is 90.9 cm³/mol. The quantitative estimate of drug-likeness (QED) is 0.554. The Hall–Kier alpha value is -2.41. The zero-order valence-electron chi connectivity index (χ0n) is 12.9. The van der Waals surface area contributed by atoms with Gasteiger partial charge in [-0.3, -0.25) is 9.78 Å². The molecule has 0 amide bonds. The van der Waals surface area contributed by atoms with Gasteiger partial charge >= 0.3 is 6.18 Å². The number of ether oxygens (including phenoxy) is 1. The summed E-state index contributed by atoms with van der Waals surface area (Å²) in [7, 11) is 1.50. The highest BCUT2D eigenvalue weighted by Gasteiger charge is 2.32. The van der Waals surface area contributed by atoms with Crippen molar-refractivity contribution in [1.29, 1.82) is 0 Å². The van der Waals surface area contributed by atoms with Crippen LogP contribution in [-0.2, 0) is 6.18 Å². The number of carbonyl (C=O) groups is 1. The lowest BCUT2D eigenvalue weighted by Gasteiger charge is -2.11. The molecule has 0 fully saturated rings. The van der Waals surface area contributed by atoms with Gasteiger partial charge in [-0.2, -0.15) is 13.2 Å². The summed E-state index contributed by atoms with van der Waals surface area (Å²) in [5, 5.41) is 1.17. The molecule has 128 valence electrons. The molecule has 2 aromatic carbocycles.